The second-order valence-corrected chi connectivity index (χ2v) is 5.84. The smallest absolute Gasteiger partial charge is 0.342 e. The summed E-state index contributed by atoms with van der Waals surface area (Å²) < 4.78 is 30.6. The number of carbonyl (C=O) groups is 1. The minimum Gasteiger partial charge on any atom is -0.462 e. The molecule has 1 rings (SSSR count). The Morgan fingerprint density at radius 2 is 2.26 bits per heavy atom. The summed E-state index contributed by atoms with van der Waals surface area (Å²) >= 11 is 0. The molecule has 1 atom stereocenters. The van der Waals surface area contributed by atoms with Crippen molar-refractivity contribution in [2.45, 2.75) is 26.0 Å². The summed E-state index contributed by atoms with van der Waals surface area (Å²) in [4.78, 5) is 14.5. The summed E-state index contributed by atoms with van der Waals surface area (Å²) in [5, 5.41) is 7.42. The van der Waals surface area contributed by atoms with Crippen LogP contribution in [0.2, 0.25) is 0 Å². The maximum absolute atomic E-state index is 11.8. The summed E-state index contributed by atoms with van der Waals surface area (Å²) in [6.45, 7) is 4.72. The Morgan fingerprint density at radius 3 is 2.79 bits per heavy atom. The van der Waals surface area contributed by atoms with Crippen molar-refractivity contribution in [3.05, 3.63) is 17.5 Å². The lowest BCUT2D eigenvalue weighted by Gasteiger charge is -2.10. The number of nitrogens with one attached hydrogen (secondary N) is 2. The molecule has 19 heavy (non-hydrogen) atoms. The van der Waals surface area contributed by atoms with Crippen LogP contribution in [0, 0.1) is 18.3 Å². The van der Waals surface area contributed by atoms with E-state index in [1.807, 2.05) is 0 Å². The van der Waals surface area contributed by atoms with Crippen molar-refractivity contribution in [2.24, 2.45) is 0 Å². The zero-order valence-electron chi connectivity index (χ0n) is 10.9. The largest absolute Gasteiger partial charge is 0.462 e. The lowest BCUT2D eigenvalue weighted by atomic mass is 10.2. The van der Waals surface area contributed by atoms with Gasteiger partial charge in [0.1, 0.15) is 5.56 Å². The number of aromatic amines is 1. The highest BCUT2D eigenvalue weighted by molar-refractivity contribution is 7.93. The number of aryl methyl sites for hydroxylation is 1. The molecule has 0 amide bonds. The van der Waals surface area contributed by atoms with Gasteiger partial charge in [0.15, 0.2) is 5.25 Å². The Kier molecular flexibility index (Phi) is 4.56. The minimum absolute atomic E-state index is 0.0815. The third kappa shape index (κ3) is 3.26. The maximum Gasteiger partial charge on any atom is 0.342 e. The summed E-state index contributed by atoms with van der Waals surface area (Å²) in [7, 11) is -3.86. The summed E-state index contributed by atoms with van der Waals surface area (Å²) in [6, 6.07) is 1.63. The van der Waals surface area contributed by atoms with Crippen LogP contribution in [-0.2, 0) is 14.8 Å². The molecule has 0 fully saturated rings. The van der Waals surface area contributed by atoms with Crippen molar-refractivity contribution < 1.29 is 17.9 Å². The fourth-order valence-electron chi connectivity index (χ4n) is 1.38. The van der Waals surface area contributed by atoms with Crippen LogP contribution in [0.15, 0.2) is 6.20 Å². The van der Waals surface area contributed by atoms with Crippen LogP contribution in [0.25, 0.3) is 0 Å². The van der Waals surface area contributed by atoms with Gasteiger partial charge in [0.25, 0.3) is 0 Å². The SMILES string of the molecule is CCOC(=O)c1c(NS(=O)(=O)C(C)C#N)c[nH]c1C. The number of anilines is 1. The molecule has 0 aromatic carbocycles. The quantitative estimate of drug-likeness (QED) is 0.788. The number of aromatic nitrogens is 1. The van der Waals surface area contributed by atoms with E-state index >= 15 is 0 Å². The molecule has 2 N–H and O–H groups in total. The number of sulfonamides is 1. The lowest BCUT2D eigenvalue weighted by Crippen LogP contribution is -2.24. The standard InChI is InChI=1S/C11H15N3O4S/c1-4-18-11(15)10-8(3)13-6-9(10)14-19(16,17)7(2)5-12/h6-7,13-14H,4H2,1-3H3. The zero-order valence-corrected chi connectivity index (χ0v) is 11.7. The maximum atomic E-state index is 11.8. The van der Waals surface area contributed by atoms with Crippen molar-refractivity contribution in [3.8, 4) is 6.07 Å². The van der Waals surface area contributed by atoms with Crippen LogP contribution >= 0.6 is 0 Å². The van der Waals surface area contributed by atoms with E-state index in [1.54, 1.807) is 19.9 Å². The molecule has 0 radical (unpaired) electrons. The van der Waals surface area contributed by atoms with Crippen molar-refractivity contribution in [1.29, 1.82) is 5.26 Å². The number of H-pyrrole nitrogens is 1. The van der Waals surface area contributed by atoms with E-state index in [4.69, 9.17) is 10.00 Å². The van der Waals surface area contributed by atoms with Crippen LogP contribution in [0.1, 0.15) is 29.9 Å². The molecular weight excluding hydrogens is 270 g/mol. The molecule has 0 bridgehead atoms. The number of carbonyl (C=O) groups excluding carboxylic acids is 1. The van der Waals surface area contributed by atoms with E-state index in [-0.39, 0.29) is 17.9 Å². The van der Waals surface area contributed by atoms with Gasteiger partial charge in [-0.3, -0.25) is 4.72 Å². The first-order valence-corrected chi connectivity index (χ1v) is 7.14. The van der Waals surface area contributed by atoms with Gasteiger partial charge in [-0.2, -0.15) is 5.26 Å². The highest BCUT2D eigenvalue weighted by Gasteiger charge is 2.25. The van der Waals surface area contributed by atoms with Gasteiger partial charge in [0, 0.05) is 11.9 Å². The Morgan fingerprint density at radius 1 is 1.63 bits per heavy atom. The molecule has 8 heteroatoms. The van der Waals surface area contributed by atoms with Crippen molar-refractivity contribution in [3.63, 3.8) is 0 Å². The third-order valence-electron chi connectivity index (χ3n) is 2.46. The number of esters is 1. The first kappa shape index (κ1) is 15.0. The first-order chi connectivity index (χ1) is 8.83. The number of rotatable bonds is 5. The molecule has 0 saturated carbocycles. The molecule has 1 aromatic rings. The fraction of sp³-hybridized carbons (Fsp3) is 0.455. The predicted molar refractivity (Wildman–Crippen MR) is 69.1 cm³/mol. The van der Waals surface area contributed by atoms with E-state index in [0.29, 0.717) is 5.69 Å². The summed E-state index contributed by atoms with van der Waals surface area (Å²) in [5.41, 5.74) is 0.689. The highest BCUT2D eigenvalue weighted by Crippen LogP contribution is 2.22. The Balaban J connectivity index is 3.11. The Bertz CT molecular complexity index is 612. The van der Waals surface area contributed by atoms with Gasteiger partial charge in [-0.15, -0.1) is 0 Å². The van der Waals surface area contributed by atoms with Crippen molar-refractivity contribution in [2.75, 3.05) is 11.3 Å². The summed E-state index contributed by atoms with van der Waals surface area (Å²) in [5.74, 6) is -0.622. The second kappa shape index (κ2) is 5.75. The zero-order chi connectivity index (χ0) is 14.6. The average molecular weight is 285 g/mol. The van der Waals surface area contributed by atoms with E-state index in [2.05, 4.69) is 9.71 Å². The van der Waals surface area contributed by atoms with Gasteiger partial charge in [0.2, 0.25) is 10.0 Å². The van der Waals surface area contributed by atoms with Gasteiger partial charge in [-0.1, -0.05) is 0 Å². The molecule has 0 aliphatic carbocycles. The molecule has 1 aromatic heterocycles. The van der Waals surface area contributed by atoms with Crippen LogP contribution in [0.4, 0.5) is 5.69 Å². The molecule has 1 heterocycles. The minimum atomic E-state index is -3.86. The van der Waals surface area contributed by atoms with Crippen LogP contribution < -0.4 is 4.72 Å². The van der Waals surface area contributed by atoms with Gasteiger partial charge in [-0.25, -0.2) is 13.2 Å². The average Bonchev–Trinajstić information content (AvgIpc) is 2.69. The summed E-state index contributed by atoms with van der Waals surface area (Å²) in [6.07, 6.45) is 1.35. The van der Waals surface area contributed by atoms with Gasteiger partial charge < -0.3 is 9.72 Å². The number of nitriles is 1. The lowest BCUT2D eigenvalue weighted by molar-refractivity contribution is 0.0527. The fourth-order valence-corrected chi connectivity index (χ4v) is 2.17. The van der Waals surface area contributed by atoms with E-state index in [1.165, 1.54) is 13.1 Å². The molecule has 7 nitrogen and oxygen atoms in total. The molecule has 104 valence electrons. The molecule has 1 unspecified atom stereocenters. The van der Waals surface area contributed by atoms with Gasteiger partial charge in [0.05, 0.1) is 18.4 Å². The third-order valence-corrected chi connectivity index (χ3v) is 4.00. The van der Waals surface area contributed by atoms with E-state index < -0.39 is 21.2 Å². The molecule has 0 spiro atoms. The number of hydrogen-bond donors (Lipinski definition) is 2. The predicted octanol–water partition coefficient (Wildman–Crippen LogP) is 1.15. The molecule has 0 aliphatic rings. The molecule has 0 aliphatic heterocycles. The van der Waals surface area contributed by atoms with E-state index in [9.17, 15) is 13.2 Å². The molecule has 0 saturated heterocycles. The number of ether oxygens (including phenoxy) is 1. The number of hydrogen-bond acceptors (Lipinski definition) is 5. The van der Waals surface area contributed by atoms with E-state index in [0.717, 1.165) is 0 Å². The monoisotopic (exact) mass is 285 g/mol. The van der Waals surface area contributed by atoms with Crippen molar-refractivity contribution in [1.82, 2.24) is 4.98 Å². The molecular formula is C11H15N3O4S. The normalized spacial score (nSPS) is 12.5. The number of nitrogens with zero attached hydrogens (tertiary/aromatic N) is 1. The Labute approximate surface area is 111 Å². The highest BCUT2D eigenvalue weighted by atomic mass is 32.2. The van der Waals surface area contributed by atoms with Crippen LogP contribution in [-0.4, -0.2) is 31.2 Å². The second-order valence-electron chi connectivity index (χ2n) is 3.84. The Hall–Kier alpha value is -2.01. The van der Waals surface area contributed by atoms with Gasteiger partial charge in [-0.05, 0) is 20.8 Å². The first-order valence-electron chi connectivity index (χ1n) is 5.59. The van der Waals surface area contributed by atoms with Gasteiger partial charge >= 0.3 is 5.97 Å². The topological polar surface area (TPSA) is 112 Å². The van der Waals surface area contributed by atoms with Crippen molar-refractivity contribution >= 4 is 21.7 Å². The van der Waals surface area contributed by atoms with Crippen LogP contribution in [0.5, 0.6) is 0 Å². The van der Waals surface area contributed by atoms with Crippen LogP contribution in [0.3, 0.4) is 0 Å².